The number of aromatic nitrogens is 1. The molecule has 0 bridgehead atoms. The van der Waals surface area contributed by atoms with Gasteiger partial charge in [-0.05, 0) is 51.1 Å². The number of thiazole rings is 1. The zero-order valence-electron chi connectivity index (χ0n) is 13.0. The summed E-state index contributed by atoms with van der Waals surface area (Å²) in [5, 5.41) is 2.82. The van der Waals surface area contributed by atoms with Crippen molar-refractivity contribution in [2.24, 2.45) is 0 Å². The van der Waals surface area contributed by atoms with Crippen LogP contribution in [0.1, 0.15) is 16.1 Å². The molecule has 22 heavy (non-hydrogen) atoms. The lowest BCUT2D eigenvalue weighted by atomic mass is 10.2. The first-order valence-electron chi connectivity index (χ1n) is 7.09. The van der Waals surface area contributed by atoms with E-state index < -0.39 is 0 Å². The fraction of sp³-hybridized carbons (Fsp3) is 0.375. The van der Waals surface area contributed by atoms with Crippen LogP contribution in [0.2, 0.25) is 0 Å². The minimum absolute atomic E-state index is 0.0989. The number of carbonyl (C=O) groups is 1. The van der Waals surface area contributed by atoms with Gasteiger partial charge in [0, 0.05) is 17.1 Å². The molecule has 0 radical (unpaired) electrons. The lowest BCUT2D eigenvalue weighted by molar-refractivity contribution is -0.117. The molecule has 1 aromatic carbocycles. The Morgan fingerprint density at radius 1 is 1.41 bits per heavy atom. The van der Waals surface area contributed by atoms with Gasteiger partial charge in [-0.1, -0.05) is 0 Å². The average molecular weight is 321 g/mol. The maximum atomic E-state index is 13.0. The number of aryl methyl sites for hydroxylation is 2. The molecule has 0 atom stereocenters. The fourth-order valence-electron chi connectivity index (χ4n) is 2.14. The predicted octanol–water partition coefficient (Wildman–Crippen LogP) is 3.01. The summed E-state index contributed by atoms with van der Waals surface area (Å²) in [5.74, 6) is -0.397. The van der Waals surface area contributed by atoms with Gasteiger partial charge in [-0.25, -0.2) is 9.37 Å². The van der Waals surface area contributed by atoms with Crippen molar-refractivity contribution in [3.8, 4) is 0 Å². The molecule has 0 fully saturated rings. The van der Waals surface area contributed by atoms with Crippen LogP contribution in [0, 0.1) is 19.7 Å². The zero-order chi connectivity index (χ0) is 16.1. The van der Waals surface area contributed by atoms with E-state index in [-0.39, 0.29) is 11.7 Å². The number of carbonyl (C=O) groups excluding carboxylic acids is 1. The molecule has 1 N–H and O–H groups in total. The van der Waals surface area contributed by atoms with Crippen LogP contribution in [-0.4, -0.2) is 35.9 Å². The summed E-state index contributed by atoms with van der Waals surface area (Å²) in [4.78, 5) is 19.5. The van der Waals surface area contributed by atoms with Gasteiger partial charge in [-0.2, -0.15) is 0 Å². The van der Waals surface area contributed by atoms with Gasteiger partial charge in [0.2, 0.25) is 5.91 Å². The van der Waals surface area contributed by atoms with Crippen LogP contribution in [0.25, 0.3) is 0 Å². The molecular weight excluding hydrogens is 301 g/mol. The molecule has 2 aromatic rings. The molecule has 0 aliphatic heterocycles. The van der Waals surface area contributed by atoms with E-state index in [0.29, 0.717) is 12.2 Å². The number of benzene rings is 1. The van der Waals surface area contributed by atoms with E-state index >= 15 is 0 Å². The SMILES string of the molecule is Cc1cc(F)ccc1NC(=O)CN(C)CCc1scnc1C. The molecule has 0 saturated carbocycles. The summed E-state index contributed by atoms with van der Waals surface area (Å²) < 4.78 is 13.0. The summed E-state index contributed by atoms with van der Waals surface area (Å²) in [6.07, 6.45) is 0.885. The summed E-state index contributed by atoms with van der Waals surface area (Å²) in [5.41, 5.74) is 4.27. The van der Waals surface area contributed by atoms with E-state index in [1.54, 1.807) is 24.3 Å². The molecule has 0 spiro atoms. The minimum atomic E-state index is -0.299. The molecule has 118 valence electrons. The van der Waals surface area contributed by atoms with Crippen LogP contribution in [-0.2, 0) is 11.2 Å². The van der Waals surface area contributed by atoms with Gasteiger partial charge in [0.1, 0.15) is 5.82 Å². The lowest BCUT2D eigenvalue weighted by Crippen LogP contribution is -2.31. The number of nitrogens with zero attached hydrogens (tertiary/aromatic N) is 2. The number of halogens is 1. The summed E-state index contributed by atoms with van der Waals surface area (Å²) in [6.45, 7) is 4.86. The highest BCUT2D eigenvalue weighted by Crippen LogP contribution is 2.16. The van der Waals surface area contributed by atoms with Crippen molar-refractivity contribution in [2.75, 3.05) is 25.5 Å². The molecule has 1 aromatic heterocycles. The van der Waals surface area contributed by atoms with Gasteiger partial charge in [0.15, 0.2) is 0 Å². The quantitative estimate of drug-likeness (QED) is 0.889. The van der Waals surface area contributed by atoms with E-state index in [0.717, 1.165) is 24.2 Å². The maximum absolute atomic E-state index is 13.0. The highest BCUT2D eigenvalue weighted by molar-refractivity contribution is 7.09. The Bertz CT molecular complexity index is 657. The van der Waals surface area contributed by atoms with E-state index in [1.165, 1.54) is 17.0 Å². The molecule has 1 amide bonds. The molecule has 2 rings (SSSR count). The average Bonchev–Trinajstić information content (AvgIpc) is 2.85. The van der Waals surface area contributed by atoms with E-state index in [9.17, 15) is 9.18 Å². The fourth-order valence-corrected chi connectivity index (χ4v) is 2.91. The second-order valence-corrected chi connectivity index (χ2v) is 6.30. The third-order valence-corrected chi connectivity index (χ3v) is 4.44. The number of amides is 1. The number of hydrogen-bond acceptors (Lipinski definition) is 4. The summed E-state index contributed by atoms with van der Waals surface area (Å²) >= 11 is 1.64. The zero-order valence-corrected chi connectivity index (χ0v) is 13.8. The molecular formula is C16H20FN3OS. The van der Waals surface area contributed by atoms with Crippen molar-refractivity contribution in [3.63, 3.8) is 0 Å². The first-order valence-corrected chi connectivity index (χ1v) is 7.97. The van der Waals surface area contributed by atoms with Crippen LogP contribution in [0.3, 0.4) is 0 Å². The molecule has 0 aliphatic carbocycles. The summed E-state index contributed by atoms with van der Waals surface area (Å²) in [7, 11) is 1.91. The van der Waals surface area contributed by atoms with Crippen LogP contribution in [0.4, 0.5) is 10.1 Å². The Hall–Kier alpha value is -1.79. The van der Waals surface area contributed by atoms with E-state index in [2.05, 4.69) is 10.3 Å². The number of hydrogen-bond donors (Lipinski definition) is 1. The first kappa shape index (κ1) is 16.6. The number of nitrogens with one attached hydrogen (secondary N) is 1. The highest BCUT2D eigenvalue weighted by atomic mass is 32.1. The van der Waals surface area contributed by atoms with Gasteiger partial charge in [-0.15, -0.1) is 11.3 Å². The standard InChI is InChI=1S/C16H20FN3OS/c1-11-8-13(17)4-5-14(11)19-16(21)9-20(3)7-6-15-12(2)18-10-22-15/h4-5,8,10H,6-7,9H2,1-3H3,(H,19,21). The van der Waals surface area contributed by atoms with Gasteiger partial charge in [-0.3, -0.25) is 9.69 Å². The van der Waals surface area contributed by atoms with Crippen molar-refractivity contribution < 1.29 is 9.18 Å². The van der Waals surface area contributed by atoms with Crippen molar-refractivity contribution >= 4 is 22.9 Å². The minimum Gasteiger partial charge on any atom is -0.325 e. The van der Waals surface area contributed by atoms with Crippen molar-refractivity contribution in [3.05, 3.63) is 45.7 Å². The number of rotatable bonds is 6. The second-order valence-electron chi connectivity index (χ2n) is 5.36. The Kier molecular flexibility index (Phi) is 5.63. The molecule has 0 unspecified atom stereocenters. The lowest BCUT2D eigenvalue weighted by Gasteiger charge is -2.16. The Labute approximate surface area is 134 Å². The van der Waals surface area contributed by atoms with Crippen LogP contribution in [0.5, 0.6) is 0 Å². The molecule has 1 heterocycles. The van der Waals surface area contributed by atoms with Crippen molar-refractivity contribution in [2.45, 2.75) is 20.3 Å². The third kappa shape index (κ3) is 4.61. The van der Waals surface area contributed by atoms with Crippen molar-refractivity contribution in [1.29, 1.82) is 0 Å². The largest absolute Gasteiger partial charge is 0.325 e. The second kappa shape index (κ2) is 7.47. The molecule has 4 nitrogen and oxygen atoms in total. The van der Waals surface area contributed by atoms with Gasteiger partial charge < -0.3 is 5.32 Å². The van der Waals surface area contributed by atoms with Gasteiger partial charge >= 0.3 is 0 Å². The smallest absolute Gasteiger partial charge is 0.238 e. The number of likely N-dealkylation sites (N-methyl/N-ethyl adjacent to an activating group) is 1. The molecule has 6 heteroatoms. The molecule has 0 saturated heterocycles. The predicted molar refractivity (Wildman–Crippen MR) is 87.8 cm³/mol. The van der Waals surface area contributed by atoms with E-state index in [1.807, 2.05) is 24.4 Å². The Morgan fingerprint density at radius 3 is 2.82 bits per heavy atom. The van der Waals surface area contributed by atoms with Crippen LogP contribution >= 0.6 is 11.3 Å². The van der Waals surface area contributed by atoms with E-state index in [4.69, 9.17) is 0 Å². The normalized spacial score (nSPS) is 11.0. The first-order chi connectivity index (χ1) is 10.5. The summed E-state index contributed by atoms with van der Waals surface area (Å²) in [6, 6.07) is 4.34. The van der Waals surface area contributed by atoms with Crippen LogP contribution in [0.15, 0.2) is 23.7 Å². The molecule has 0 aliphatic rings. The number of anilines is 1. The van der Waals surface area contributed by atoms with Gasteiger partial charge in [0.25, 0.3) is 0 Å². The Morgan fingerprint density at radius 2 is 2.18 bits per heavy atom. The monoisotopic (exact) mass is 321 g/mol. The maximum Gasteiger partial charge on any atom is 0.238 e. The highest BCUT2D eigenvalue weighted by Gasteiger charge is 2.10. The third-order valence-electron chi connectivity index (χ3n) is 3.44. The topological polar surface area (TPSA) is 45.2 Å². The van der Waals surface area contributed by atoms with Crippen molar-refractivity contribution in [1.82, 2.24) is 9.88 Å². The van der Waals surface area contributed by atoms with Crippen LogP contribution < -0.4 is 5.32 Å². The Balaban J connectivity index is 1.82. The van der Waals surface area contributed by atoms with Gasteiger partial charge in [0.05, 0.1) is 17.7 Å².